The fraction of sp³-hybridized carbons (Fsp3) is 0.550. The van der Waals surface area contributed by atoms with Crippen molar-refractivity contribution in [3.05, 3.63) is 42.5 Å². The van der Waals surface area contributed by atoms with Crippen LogP contribution in [0.3, 0.4) is 0 Å². The summed E-state index contributed by atoms with van der Waals surface area (Å²) in [6, 6.07) is 8.31. The van der Waals surface area contributed by atoms with E-state index in [0.29, 0.717) is 5.92 Å². The van der Waals surface area contributed by atoms with Crippen LogP contribution in [-0.4, -0.2) is 47.5 Å². The van der Waals surface area contributed by atoms with Gasteiger partial charge < -0.3 is 19.9 Å². The lowest BCUT2D eigenvalue weighted by molar-refractivity contribution is 0.414. The number of nitrogens with one attached hydrogen (secondary N) is 2. The van der Waals surface area contributed by atoms with Crippen molar-refractivity contribution in [2.45, 2.75) is 45.6 Å². The van der Waals surface area contributed by atoms with Crippen LogP contribution in [0, 0.1) is 0 Å². The van der Waals surface area contributed by atoms with E-state index in [9.17, 15) is 0 Å². The quantitative estimate of drug-likeness (QED) is 0.214. The number of rotatable bonds is 11. The van der Waals surface area contributed by atoms with Crippen LogP contribution >= 0.6 is 24.0 Å². The van der Waals surface area contributed by atoms with E-state index in [4.69, 9.17) is 4.74 Å². The van der Waals surface area contributed by atoms with E-state index >= 15 is 0 Å². The zero-order valence-corrected chi connectivity index (χ0v) is 19.4. The maximum Gasteiger partial charge on any atom is 0.191 e. The summed E-state index contributed by atoms with van der Waals surface area (Å²) in [6.45, 7) is 7.83. The number of halogens is 1. The molecule has 0 radical (unpaired) electrons. The van der Waals surface area contributed by atoms with Crippen molar-refractivity contribution >= 4 is 29.9 Å². The van der Waals surface area contributed by atoms with Crippen molar-refractivity contribution < 1.29 is 4.74 Å². The van der Waals surface area contributed by atoms with Crippen LogP contribution in [0.2, 0.25) is 0 Å². The average Bonchev–Trinajstić information content (AvgIpc) is 3.21. The van der Waals surface area contributed by atoms with Crippen LogP contribution < -0.4 is 15.4 Å². The van der Waals surface area contributed by atoms with Crippen LogP contribution in [0.25, 0.3) is 0 Å². The third kappa shape index (κ3) is 8.90. The van der Waals surface area contributed by atoms with E-state index in [1.807, 2.05) is 16.7 Å². The maximum absolute atomic E-state index is 5.22. The van der Waals surface area contributed by atoms with E-state index in [1.165, 1.54) is 5.56 Å². The van der Waals surface area contributed by atoms with Crippen molar-refractivity contribution in [2.75, 3.05) is 26.7 Å². The van der Waals surface area contributed by atoms with Crippen LogP contribution in [0.1, 0.15) is 44.6 Å². The standard InChI is InChI=1S/C20H32N6O.HI/c1-4-21-20(22-12-5-6-14-26-15-24-25-16-26)23-13-11-17(2)18-7-9-19(27-3)10-8-18;/h7-10,15-17H,4-6,11-14H2,1-3H3,(H2,21,22,23);1H. The van der Waals surface area contributed by atoms with Crippen molar-refractivity contribution in [1.82, 2.24) is 25.4 Å². The Labute approximate surface area is 185 Å². The van der Waals surface area contributed by atoms with Gasteiger partial charge in [0.25, 0.3) is 0 Å². The molecule has 0 saturated heterocycles. The summed E-state index contributed by atoms with van der Waals surface area (Å²) in [5.74, 6) is 2.27. The molecule has 2 rings (SSSR count). The molecular formula is C20H33IN6O. The predicted molar refractivity (Wildman–Crippen MR) is 125 cm³/mol. The van der Waals surface area contributed by atoms with Crippen molar-refractivity contribution in [3.63, 3.8) is 0 Å². The van der Waals surface area contributed by atoms with E-state index in [0.717, 1.165) is 57.2 Å². The summed E-state index contributed by atoms with van der Waals surface area (Å²) >= 11 is 0. The largest absolute Gasteiger partial charge is 0.497 e. The topological polar surface area (TPSA) is 76.4 Å². The first-order chi connectivity index (χ1) is 13.2. The molecule has 0 aliphatic heterocycles. The molecule has 28 heavy (non-hydrogen) atoms. The zero-order valence-electron chi connectivity index (χ0n) is 17.1. The molecule has 1 aromatic carbocycles. The molecule has 1 heterocycles. The number of ether oxygens (including phenoxy) is 1. The highest BCUT2D eigenvalue weighted by Crippen LogP contribution is 2.21. The number of aromatic nitrogens is 3. The number of hydrogen-bond acceptors (Lipinski definition) is 4. The second-order valence-corrected chi connectivity index (χ2v) is 6.56. The molecule has 1 atom stereocenters. The Morgan fingerprint density at radius 2 is 1.86 bits per heavy atom. The molecule has 0 aliphatic rings. The lowest BCUT2D eigenvalue weighted by atomic mass is 9.98. The van der Waals surface area contributed by atoms with E-state index < -0.39 is 0 Å². The number of hydrogen-bond donors (Lipinski definition) is 2. The summed E-state index contributed by atoms with van der Waals surface area (Å²) in [5, 5.41) is 14.4. The van der Waals surface area contributed by atoms with Gasteiger partial charge in [0.15, 0.2) is 5.96 Å². The average molecular weight is 500 g/mol. The highest BCUT2D eigenvalue weighted by atomic mass is 127. The minimum atomic E-state index is 0. The molecule has 0 amide bonds. The van der Waals surface area contributed by atoms with Gasteiger partial charge >= 0.3 is 0 Å². The van der Waals surface area contributed by atoms with Gasteiger partial charge in [-0.2, -0.15) is 0 Å². The maximum atomic E-state index is 5.22. The summed E-state index contributed by atoms with van der Waals surface area (Å²) in [4.78, 5) is 4.66. The van der Waals surface area contributed by atoms with Crippen LogP contribution in [0.15, 0.2) is 41.9 Å². The fourth-order valence-corrected chi connectivity index (χ4v) is 2.78. The minimum absolute atomic E-state index is 0. The minimum Gasteiger partial charge on any atom is -0.497 e. The molecule has 1 aromatic heterocycles. The van der Waals surface area contributed by atoms with Gasteiger partial charge in [-0.3, -0.25) is 4.99 Å². The summed E-state index contributed by atoms with van der Waals surface area (Å²) in [5.41, 5.74) is 1.33. The SMILES string of the molecule is CCNC(=NCCCCn1cnnc1)NCCC(C)c1ccc(OC)cc1.I. The molecule has 2 N–H and O–H groups in total. The Morgan fingerprint density at radius 3 is 2.50 bits per heavy atom. The second kappa shape index (κ2) is 14.2. The third-order valence-electron chi connectivity index (χ3n) is 4.46. The Bertz CT molecular complexity index is 660. The second-order valence-electron chi connectivity index (χ2n) is 6.56. The van der Waals surface area contributed by atoms with Gasteiger partial charge in [-0.15, -0.1) is 34.2 Å². The normalized spacial score (nSPS) is 12.2. The first-order valence-corrected chi connectivity index (χ1v) is 9.71. The monoisotopic (exact) mass is 500 g/mol. The number of aliphatic imine (C=N–C) groups is 1. The molecule has 7 nitrogen and oxygen atoms in total. The molecule has 0 spiro atoms. The van der Waals surface area contributed by atoms with Crippen LogP contribution in [0.5, 0.6) is 5.75 Å². The number of methoxy groups -OCH3 is 1. The molecule has 0 saturated carbocycles. The highest BCUT2D eigenvalue weighted by molar-refractivity contribution is 14.0. The fourth-order valence-electron chi connectivity index (χ4n) is 2.78. The van der Waals surface area contributed by atoms with Crippen molar-refractivity contribution in [2.24, 2.45) is 4.99 Å². The van der Waals surface area contributed by atoms with Crippen molar-refractivity contribution in [1.29, 1.82) is 0 Å². The molecule has 1 unspecified atom stereocenters. The summed E-state index contributed by atoms with van der Waals surface area (Å²) in [7, 11) is 1.69. The van der Waals surface area contributed by atoms with E-state index in [2.05, 4.69) is 51.8 Å². The summed E-state index contributed by atoms with van der Waals surface area (Å²) in [6.07, 6.45) is 6.65. The van der Waals surface area contributed by atoms with Gasteiger partial charge in [0.2, 0.25) is 0 Å². The Morgan fingerprint density at radius 1 is 1.14 bits per heavy atom. The number of benzene rings is 1. The number of nitrogens with zero attached hydrogens (tertiary/aromatic N) is 4. The first-order valence-electron chi connectivity index (χ1n) is 9.71. The molecular weight excluding hydrogens is 467 g/mol. The number of unbranched alkanes of at least 4 members (excludes halogenated alkanes) is 1. The van der Waals surface area contributed by atoms with Gasteiger partial charge in [-0.05, 0) is 49.8 Å². The number of aryl methyl sites for hydroxylation is 1. The van der Waals surface area contributed by atoms with Gasteiger partial charge in [0, 0.05) is 26.2 Å². The van der Waals surface area contributed by atoms with Crippen LogP contribution in [-0.2, 0) is 6.54 Å². The predicted octanol–water partition coefficient (Wildman–Crippen LogP) is 3.43. The molecule has 8 heteroatoms. The summed E-state index contributed by atoms with van der Waals surface area (Å²) < 4.78 is 7.21. The third-order valence-corrected chi connectivity index (χ3v) is 4.46. The molecule has 156 valence electrons. The Hall–Kier alpha value is -1.84. The van der Waals surface area contributed by atoms with Gasteiger partial charge in [0.05, 0.1) is 7.11 Å². The smallest absolute Gasteiger partial charge is 0.191 e. The molecule has 2 aromatic rings. The first kappa shape index (κ1) is 24.2. The molecule has 0 bridgehead atoms. The lowest BCUT2D eigenvalue weighted by Crippen LogP contribution is -2.38. The highest BCUT2D eigenvalue weighted by Gasteiger charge is 2.06. The zero-order chi connectivity index (χ0) is 19.3. The van der Waals surface area contributed by atoms with E-state index in [-0.39, 0.29) is 24.0 Å². The lowest BCUT2D eigenvalue weighted by Gasteiger charge is -2.15. The van der Waals surface area contributed by atoms with E-state index in [1.54, 1.807) is 19.8 Å². The van der Waals surface area contributed by atoms with Gasteiger partial charge in [-0.25, -0.2) is 0 Å². The Kier molecular flexibility index (Phi) is 12.3. The number of guanidine groups is 1. The van der Waals surface area contributed by atoms with Crippen LogP contribution in [0.4, 0.5) is 0 Å². The molecule has 0 fully saturated rings. The van der Waals surface area contributed by atoms with Gasteiger partial charge in [0.1, 0.15) is 18.4 Å². The van der Waals surface area contributed by atoms with Crippen molar-refractivity contribution in [3.8, 4) is 5.75 Å². The van der Waals surface area contributed by atoms with Gasteiger partial charge in [-0.1, -0.05) is 19.1 Å². The molecule has 0 aliphatic carbocycles. The Balaban J connectivity index is 0.00000392.